The minimum atomic E-state index is -0.306. The Morgan fingerprint density at radius 2 is 1.88 bits per heavy atom. The lowest BCUT2D eigenvalue weighted by Gasteiger charge is -2.16. The number of aryl methyl sites for hydroxylation is 2. The van der Waals surface area contributed by atoms with Crippen LogP contribution in [-0.2, 0) is 12.8 Å². The highest BCUT2D eigenvalue weighted by molar-refractivity contribution is 6.16. The van der Waals surface area contributed by atoms with Gasteiger partial charge in [-0.2, -0.15) is 0 Å². The molecule has 1 aliphatic rings. The summed E-state index contributed by atoms with van der Waals surface area (Å²) >= 11 is 0. The summed E-state index contributed by atoms with van der Waals surface area (Å²) in [4.78, 5) is 13.1. The highest BCUT2D eigenvalue weighted by Gasteiger charge is 2.26. The minimum Gasteiger partial charge on any atom is -0.497 e. The van der Waals surface area contributed by atoms with Crippen molar-refractivity contribution in [2.45, 2.75) is 25.7 Å². The Balaban J connectivity index is 1.87. The number of nitrogen functional groups attached to an aromatic ring is 1. The van der Waals surface area contributed by atoms with Gasteiger partial charge in [-0.3, -0.25) is 4.79 Å². The number of fused-ring (bicyclic) bond motifs is 3. The Bertz CT molecular complexity index is 1000. The lowest BCUT2D eigenvalue weighted by atomic mass is 9.89. The third-order valence-electron chi connectivity index (χ3n) is 5.08. The molecule has 134 valence electrons. The monoisotopic (exact) mass is 351 g/mol. The van der Waals surface area contributed by atoms with E-state index in [0.717, 1.165) is 24.6 Å². The first-order valence-corrected chi connectivity index (χ1v) is 8.73. The molecule has 3 aromatic rings. The van der Waals surface area contributed by atoms with E-state index in [-0.39, 0.29) is 11.5 Å². The van der Waals surface area contributed by atoms with Crippen molar-refractivity contribution in [1.29, 1.82) is 0 Å². The Labute approximate surface area is 151 Å². The number of hydrogen-bond acceptors (Lipinski definition) is 5. The van der Waals surface area contributed by atoms with Crippen LogP contribution in [0.15, 0.2) is 34.7 Å². The van der Waals surface area contributed by atoms with Crippen molar-refractivity contribution in [3.8, 4) is 11.5 Å². The number of hydrogen-bond donors (Lipinski definition) is 1. The standard InChI is InChI=1S/C21H21NO4/c1-24-13-8-10-16(25-2)15(11-13)20(23)21-19(22)18-14-6-4-3-5-12(14)7-9-17(18)26-21/h7-11H,3-6,22H2,1-2H3. The van der Waals surface area contributed by atoms with Crippen molar-refractivity contribution < 1.29 is 18.7 Å². The normalized spacial score (nSPS) is 13.5. The summed E-state index contributed by atoms with van der Waals surface area (Å²) in [5, 5.41) is 0.882. The fourth-order valence-electron chi connectivity index (χ4n) is 3.75. The predicted molar refractivity (Wildman–Crippen MR) is 100 cm³/mol. The van der Waals surface area contributed by atoms with E-state index in [1.165, 1.54) is 24.7 Å². The van der Waals surface area contributed by atoms with Gasteiger partial charge in [-0.1, -0.05) is 6.07 Å². The van der Waals surface area contributed by atoms with Crippen LogP contribution in [0.5, 0.6) is 11.5 Å². The molecule has 0 aliphatic heterocycles. The molecule has 5 heteroatoms. The first-order chi connectivity index (χ1) is 12.6. The number of carbonyl (C=O) groups excluding carboxylic acids is 1. The Hall–Kier alpha value is -2.95. The van der Waals surface area contributed by atoms with Gasteiger partial charge in [0.25, 0.3) is 0 Å². The lowest BCUT2D eigenvalue weighted by Crippen LogP contribution is -2.07. The fraction of sp³-hybridized carbons (Fsp3) is 0.286. The molecule has 1 heterocycles. The fourth-order valence-corrected chi connectivity index (χ4v) is 3.75. The van der Waals surface area contributed by atoms with E-state index in [4.69, 9.17) is 19.6 Å². The molecule has 2 N–H and O–H groups in total. The zero-order chi connectivity index (χ0) is 18.3. The molecular formula is C21H21NO4. The van der Waals surface area contributed by atoms with Gasteiger partial charge in [-0.15, -0.1) is 0 Å². The molecule has 0 atom stereocenters. The average molecular weight is 351 g/mol. The van der Waals surface area contributed by atoms with Gasteiger partial charge in [0.05, 0.1) is 25.5 Å². The van der Waals surface area contributed by atoms with Crippen molar-refractivity contribution in [2.24, 2.45) is 0 Å². The molecule has 0 saturated carbocycles. The predicted octanol–water partition coefficient (Wildman–Crippen LogP) is 4.14. The highest BCUT2D eigenvalue weighted by atomic mass is 16.5. The zero-order valence-electron chi connectivity index (χ0n) is 14.9. The zero-order valence-corrected chi connectivity index (χ0v) is 14.9. The third kappa shape index (κ3) is 2.51. The number of rotatable bonds is 4. The summed E-state index contributed by atoms with van der Waals surface area (Å²) in [6, 6.07) is 9.08. The van der Waals surface area contributed by atoms with Gasteiger partial charge in [-0.25, -0.2) is 0 Å². The first-order valence-electron chi connectivity index (χ1n) is 8.73. The van der Waals surface area contributed by atoms with Gasteiger partial charge in [0.1, 0.15) is 17.1 Å². The summed E-state index contributed by atoms with van der Waals surface area (Å²) in [7, 11) is 3.08. The Morgan fingerprint density at radius 1 is 1.08 bits per heavy atom. The first kappa shape index (κ1) is 16.5. The number of nitrogens with two attached hydrogens (primary N) is 1. The number of ketones is 1. The van der Waals surface area contributed by atoms with Crippen LogP contribution < -0.4 is 15.2 Å². The van der Waals surface area contributed by atoms with E-state index in [2.05, 4.69) is 6.07 Å². The van der Waals surface area contributed by atoms with Crippen LogP contribution in [0.4, 0.5) is 5.69 Å². The van der Waals surface area contributed by atoms with Crippen LogP contribution in [-0.4, -0.2) is 20.0 Å². The SMILES string of the molecule is COc1ccc(OC)c(C(=O)c2oc3ccc4c(c3c2N)CCCC4)c1. The molecule has 0 bridgehead atoms. The second kappa shape index (κ2) is 6.41. The van der Waals surface area contributed by atoms with E-state index >= 15 is 0 Å². The van der Waals surface area contributed by atoms with Gasteiger partial charge >= 0.3 is 0 Å². The second-order valence-corrected chi connectivity index (χ2v) is 6.52. The van der Waals surface area contributed by atoms with Crippen LogP contribution in [0.1, 0.15) is 40.1 Å². The van der Waals surface area contributed by atoms with E-state index in [1.807, 2.05) is 6.07 Å². The third-order valence-corrected chi connectivity index (χ3v) is 5.08. The Kier molecular flexibility index (Phi) is 4.07. The van der Waals surface area contributed by atoms with E-state index in [1.54, 1.807) is 25.3 Å². The molecule has 1 aliphatic carbocycles. The number of benzene rings is 2. The van der Waals surface area contributed by atoms with Gasteiger partial charge < -0.3 is 19.6 Å². The molecule has 4 rings (SSSR count). The van der Waals surface area contributed by atoms with Crippen LogP contribution in [0.3, 0.4) is 0 Å². The largest absolute Gasteiger partial charge is 0.497 e. The van der Waals surface area contributed by atoms with Gasteiger partial charge in [0.15, 0.2) is 5.76 Å². The second-order valence-electron chi connectivity index (χ2n) is 6.52. The summed E-state index contributed by atoms with van der Waals surface area (Å²) in [6.45, 7) is 0. The molecule has 0 unspecified atom stereocenters. The van der Waals surface area contributed by atoms with Crippen LogP contribution in [0, 0.1) is 0 Å². The maximum atomic E-state index is 13.1. The quantitative estimate of drug-likeness (QED) is 0.715. The van der Waals surface area contributed by atoms with E-state index < -0.39 is 0 Å². The number of ether oxygens (including phenoxy) is 2. The van der Waals surface area contributed by atoms with E-state index in [9.17, 15) is 4.79 Å². The summed E-state index contributed by atoms with van der Waals surface area (Å²) in [5.74, 6) is 0.878. The molecule has 0 amide bonds. The maximum Gasteiger partial charge on any atom is 0.234 e. The topological polar surface area (TPSA) is 74.7 Å². The van der Waals surface area contributed by atoms with Crippen LogP contribution >= 0.6 is 0 Å². The highest BCUT2D eigenvalue weighted by Crippen LogP contribution is 2.38. The smallest absolute Gasteiger partial charge is 0.234 e. The molecule has 2 aromatic carbocycles. The van der Waals surface area contributed by atoms with Crippen molar-refractivity contribution in [2.75, 3.05) is 20.0 Å². The van der Waals surface area contributed by atoms with Crippen LogP contribution in [0.2, 0.25) is 0 Å². The molecule has 0 fully saturated rings. The number of carbonyl (C=O) groups is 1. The van der Waals surface area contributed by atoms with Crippen molar-refractivity contribution >= 4 is 22.4 Å². The number of anilines is 1. The molecule has 0 radical (unpaired) electrons. The van der Waals surface area contributed by atoms with Crippen molar-refractivity contribution in [3.63, 3.8) is 0 Å². The Morgan fingerprint density at radius 3 is 2.65 bits per heavy atom. The minimum absolute atomic E-state index is 0.158. The summed E-state index contributed by atoms with van der Waals surface area (Å²) in [5.41, 5.74) is 10.3. The summed E-state index contributed by atoms with van der Waals surface area (Å²) in [6.07, 6.45) is 4.32. The molecule has 0 spiro atoms. The molecule has 0 saturated heterocycles. The van der Waals surface area contributed by atoms with Gasteiger partial charge in [0, 0.05) is 5.39 Å². The van der Waals surface area contributed by atoms with Crippen LogP contribution in [0.25, 0.3) is 11.0 Å². The van der Waals surface area contributed by atoms with E-state index in [0.29, 0.717) is 28.3 Å². The lowest BCUT2D eigenvalue weighted by molar-refractivity contribution is 0.101. The number of methoxy groups -OCH3 is 2. The van der Waals surface area contributed by atoms with Crippen molar-refractivity contribution in [1.82, 2.24) is 0 Å². The van der Waals surface area contributed by atoms with Gasteiger partial charge in [-0.05, 0) is 61.1 Å². The maximum absolute atomic E-state index is 13.1. The number of furan rings is 1. The van der Waals surface area contributed by atoms with Gasteiger partial charge in [0.2, 0.25) is 5.78 Å². The molecular weight excluding hydrogens is 330 g/mol. The molecule has 5 nitrogen and oxygen atoms in total. The van der Waals surface area contributed by atoms with Crippen molar-refractivity contribution in [3.05, 3.63) is 52.8 Å². The molecule has 1 aromatic heterocycles. The molecule has 26 heavy (non-hydrogen) atoms. The summed E-state index contributed by atoms with van der Waals surface area (Å²) < 4.78 is 16.5. The average Bonchev–Trinajstić information content (AvgIpc) is 3.04.